The molecule has 2 aromatic rings. The van der Waals surface area contributed by atoms with Crippen LogP contribution in [0.1, 0.15) is 25.5 Å². The summed E-state index contributed by atoms with van der Waals surface area (Å²) < 4.78 is 1.53. The van der Waals surface area contributed by atoms with Gasteiger partial charge in [-0.15, -0.1) is 35.5 Å². The molecule has 0 aliphatic carbocycles. The molecule has 1 saturated heterocycles. The van der Waals surface area contributed by atoms with Gasteiger partial charge in [0, 0.05) is 42.5 Å². The molecule has 2 aromatic heterocycles. The number of nitrogens with two attached hydrogens (primary N) is 1. The van der Waals surface area contributed by atoms with E-state index in [2.05, 4.69) is 11.9 Å². The molecule has 6 nitrogen and oxygen atoms in total. The Morgan fingerprint density at radius 2 is 2.32 bits per heavy atom. The van der Waals surface area contributed by atoms with Crippen LogP contribution in [0, 0.1) is 5.92 Å². The molecule has 1 aliphatic rings. The lowest BCUT2D eigenvalue weighted by Crippen LogP contribution is -2.49. The molecule has 0 bridgehead atoms. The Kier molecular flexibility index (Phi) is 7.30. The van der Waals surface area contributed by atoms with Crippen LogP contribution in [-0.4, -0.2) is 45.1 Å². The first kappa shape index (κ1) is 20.2. The number of thioether (sulfide) groups is 1. The second kappa shape index (κ2) is 9.02. The van der Waals surface area contributed by atoms with Crippen LogP contribution in [0.4, 0.5) is 0 Å². The number of carbonyl (C=O) groups excluding carboxylic acids is 1. The molecule has 1 aliphatic heterocycles. The molecule has 2 unspecified atom stereocenters. The summed E-state index contributed by atoms with van der Waals surface area (Å²) in [6, 6.07) is 1.70. The van der Waals surface area contributed by atoms with E-state index in [4.69, 9.17) is 5.73 Å². The number of hydrogen-bond acceptors (Lipinski definition) is 6. The minimum absolute atomic E-state index is 0. The predicted molar refractivity (Wildman–Crippen MR) is 106 cm³/mol. The van der Waals surface area contributed by atoms with Gasteiger partial charge in [0.2, 0.25) is 5.91 Å². The fraction of sp³-hybridized carbons (Fsp3) is 0.562. The monoisotopic (exact) mass is 402 g/mol. The van der Waals surface area contributed by atoms with Gasteiger partial charge >= 0.3 is 0 Å². The molecule has 0 spiro atoms. The molecule has 0 aromatic carbocycles. The lowest BCUT2D eigenvalue weighted by molar-refractivity contribution is -0.132. The lowest BCUT2D eigenvalue weighted by atomic mass is 9.92. The highest BCUT2D eigenvalue weighted by Gasteiger charge is 2.28. The minimum atomic E-state index is -0.0728. The summed E-state index contributed by atoms with van der Waals surface area (Å²) in [6.07, 6.45) is 3.75. The van der Waals surface area contributed by atoms with Crippen LogP contribution in [0.25, 0.3) is 4.96 Å². The number of carbonyl (C=O) groups is 1. The maximum Gasteiger partial charge on any atom is 0.258 e. The van der Waals surface area contributed by atoms with Crippen molar-refractivity contribution in [2.24, 2.45) is 11.7 Å². The van der Waals surface area contributed by atoms with E-state index in [1.54, 1.807) is 12.3 Å². The van der Waals surface area contributed by atoms with Crippen LogP contribution in [0.2, 0.25) is 0 Å². The third-order valence-electron chi connectivity index (χ3n) is 4.40. The van der Waals surface area contributed by atoms with Crippen LogP contribution in [0.15, 0.2) is 22.4 Å². The SMILES string of the molecule is CC1CCN(C(=O)CSCc2cc(=O)n3ccsc3n2)C(CN)C1.Cl. The molecule has 1 fully saturated rings. The zero-order valence-corrected chi connectivity index (χ0v) is 16.5. The van der Waals surface area contributed by atoms with Crippen molar-refractivity contribution < 1.29 is 4.79 Å². The Morgan fingerprint density at radius 3 is 3.08 bits per heavy atom. The van der Waals surface area contributed by atoms with Crippen LogP contribution in [-0.2, 0) is 10.5 Å². The normalized spacial score (nSPS) is 20.5. The van der Waals surface area contributed by atoms with E-state index in [1.165, 1.54) is 27.5 Å². The Morgan fingerprint density at radius 1 is 1.52 bits per heavy atom. The molecule has 25 heavy (non-hydrogen) atoms. The van der Waals surface area contributed by atoms with Crippen molar-refractivity contribution in [3.05, 3.63) is 33.7 Å². The highest BCUT2D eigenvalue weighted by Crippen LogP contribution is 2.23. The zero-order chi connectivity index (χ0) is 17.1. The van der Waals surface area contributed by atoms with Gasteiger partial charge in [0.15, 0.2) is 4.96 Å². The fourth-order valence-electron chi connectivity index (χ4n) is 3.09. The van der Waals surface area contributed by atoms with Gasteiger partial charge in [-0.2, -0.15) is 0 Å². The molecule has 0 saturated carbocycles. The number of likely N-dealkylation sites (tertiary alicyclic amines) is 1. The molecule has 138 valence electrons. The molecular weight excluding hydrogens is 380 g/mol. The van der Waals surface area contributed by atoms with E-state index in [0.717, 1.165) is 25.1 Å². The topological polar surface area (TPSA) is 80.7 Å². The van der Waals surface area contributed by atoms with E-state index < -0.39 is 0 Å². The zero-order valence-electron chi connectivity index (χ0n) is 14.1. The maximum atomic E-state index is 12.5. The van der Waals surface area contributed by atoms with Crippen molar-refractivity contribution in [2.75, 3.05) is 18.8 Å². The van der Waals surface area contributed by atoms with Crippen LogP contribution in [0.5, 0.6) is 0 Å². The van der Waals surface area contributed by atoms with E-state index in [9.17, 15) is 9.59 Å². The maximum absolute atomic E-state index is 12.5. The Bertz CT molecular complexity index is 779. The predicted octanol–water partition coefficient (Wildman–Crippen LogP) is 2.00. The largest absolute Gasteiger partial charge is 0.338 e. The quantitative estimate of drug-likeness (QED) is 0.827. The lowest BCUT2D eigenvalue weighted by Gasteiger charge is -2.38. The summed E-state index contributed by atoms with van der Waals surface area (Å²) in [5, 5.41) is 1.84. The van der Waals surface area contributed by atoms with Crippen LogP contribution in [0.3, 0.4) is 0 Å². The summed E-state index contributed by atoms with van der Waals surface area (Å²) in [4.78, 5) is 31.5. The highest BCUT2D eigenvalue weighted by molar-refractivity contribution is 7.99. The molecule has 1 amide bonds. The number of nitrogens with zero attached hydrogens (tertiary/aromatic N) is 3. The number of hydrogen-bond donors (Lipinski definition) is 1. The standard InChI is InChI=1S/C16H22N4O2S2.ClH/c1-11-2-3-19(13(6-11)8-17)15(22)10-23-9-12-7-14(21)20-4-5-24-16(20)18-12;/h4-5,7,11,13H,2-3,6,8-10,17H2,1H3;1H. The molecule has 3 heterocycles. The molecular formula is C16H23ClN4O2S2. The number of aromatic nitrogens is 2. The van der Waals surface area contributed by atoms with Gasteiger partial charge in [0.05, 0.1) is 11.4 Å². The van der Waals surface area contributed by atoms with Crippen LogP contribution < -0.4 is 11.3 Å². The van der Waals surface area contributed by atoms with Gasteiger partial charge in [-0.05, 0) is 18.8 Å². The summed E-state index contributed by atoms with van der Waals surface area (Å²) in [5.41, 5.74) is 6.48. The third kappa shape index (κ3) is 4.75. The smallest absolute Gasteiger partial charge is 0.258 e. The Balaban J connectivity index is 0.00000225. The van der Waals surface area contributed by atoms with Gasteiger partial charge in [-0.1, -0.05) is 6.92 Å². The van der Waals surface area contributed by atoms with Crippen molar-refractivity contribution in [1.82, 2.24) is 14.3 Å². The van der Waals surface area contributed by atoms with E-state index in [-0.39, 0.29) is 29.9 Å². The molecule has 2 atom stereocenters. The van der Waals surface area contributed by atoms with E-state index >= 15 is 0 Å². The summed E-state index contributed by atoms with van der Waals surface area (Å²) in [5.74, 6) is 1.73. The number of amides is 1. The Labute approximate surface area is 161 Å². The number of thiazole rings is 1. The average Bonchev–Trinajstić information content (AvgIpc) is 3.03. The number of fused-ring (bicyclic) bond motifs is 1. The van der Waals surface area contributed by atoms with Crippen molar-refractivity contribution in [1.29, 1.82) is 0 Å². The average molecular weight is 403 g/mol. The summed E-state index contributed by atoms with van der Waals surface area (Å²) in [6.45, 7) is 3.53. The third-order valence-corrected chi connectivity index (χ3v) is 6.11. The van der Waals surface area contributed by atoms with Gasteiger partial charge in [0.25, 0.3) is 5.56 Å². The first-order chi connectivity index (χ1) is 11.6. The summed E-state index contributed by atoms with van der Waals surface area (Å²) >= 11 is 2.94. The van der Waals surface area contributed by atoms with Crippen molar-refractivity contribution in [3.8, 4) is 0 Å². The molecule has 3 rings (SSSR count). The van der Waals surface area contributed by atoms with Crippen molar-refractivity contribution in [3.63, 3.8) is 0 Å². The van der Waals surface area contributed by atoms with Gasteiger partial charge in [-0.3, -0.25) is 14.0 Å². The van der Waals surface area contributed by atoms with E-state index in [1.807, 2.05) is 10.3 Å². The summed E-state index contributed by atoms with van der Waals surface area (Å²) in [7, 11) is 0. The number of halogens is 1. The molecule has 2 N–H and O–H groups in total. The number of piperidine rings is 1. The van der Waals surface area contributed by atoms with E-state index in [0.29, 0.717) is 28.9 Å². The number of rotatable bonds is 5. The van der Waals surface area contributed by atoms with Gasteiger partial charge in [-0.25, -0.2) is 4.98 Å². The van der Waals surface area contributed by atoms with Crippen molar-refractivity contribution in [2.45, 2.75) is 31.6 Å². The fourth-order valence-corrected chi connectivity index (χ4v) is 4.63. The second-order valence-corrected chi connectivity index (χ2v) is 8.10. The Hall–Kier alpha value is -1.09. The minimum Gasteiger partial charge on any atom is -0.338 e. The van der Waals surface area contributed by atoms with Gasteiger partial charge in [0.1, 0.15) is 0 Å². The molecule has 9 heteroatoms. The van der Waals surface area contributed by atoms with Gasteiger partial charge < -0.3 is 10.6 Å². The van der Waals surface area contributed by atoms with Crippen LogP contribution >= 0.6 is 35.5 Å². The van der Waals surface area contributed by atoms with Crippen molar-refractivity contribution >= 4 is 46.4 Å². The first-order valence-electron chi connectivity index (χ1n) is 8.11. The first-order valence-corrected chi connectivity index (χ1v) is 10.1. The second-order valence-electron chi connectivity index (χ2n) is 6.24. The highest BCUT2D eigenvalue weighted by atomic mass is 35.5. The molecule has 0 radical (unpaired) electrons.